The molecule has 0 aliphatic heterocycles. The summed E-state index contributed by atoms with van der Waals surface area (Å²) in [6.45, 7) is 7.06. The van der Waals surface area contributed by atoms with Crippen LogP contribution in [0.5, 0.6) is 0 Å². The van der Waals surface area contributed by atoms with Crippen molar-refractivity contribution < 1.29 is 46.9 Å². The number of fused-ring (bicyclic) bond motifs is 1. The van der Waals surface area contributed by atoms with E-state index in [-0.39, 0.29) is 0 Å². The predicted octanol–water partition coefficient (Wildman–Crippen LogP) is 4.22. The fourth-order valence-corrected chi connectivity index (χ4v) is 3.99. The van der Waals surface area contributed by atoms with E-state index >= 15 is 0 Å². The monoisotopic (exact) mass is 645 g/mol. The highest BCUT2D eigenvalue weighted by Crippen LogP contribution is 2.48. The smallest absolute Gasteiger partial charge is 0.432 e. The van der Waals surface area contributed by atoms with E-state index in [1.54, 1.807) is 45.5 Å². The molecule has 17 heteroatoms. The number of nitrogens with one attached hydrogen (secondary N) is 1. The molecule has 0 aliphatic carbocycles. The van der Waals surface area contributed by atoms with Crippen molar-refractivity contribution >= 4 is 59.8 Å². The van der Waals surface area contributed by atoms with Gasteiger partial charge in [-0.2, -0.15) is 0 Å². The summed E-state index contributed by atoms with van der Waals surface area (Å²) in [6.07, 6.45) is -0.942. The standard InChI is InChI=1S/C19H29IN5O10P/c1-12(2)34-18(26)29-9-32-36(28,33-10-30-19(27)35-13(3)4)11-31-14(5)6-25-8-23-15-16(24-20)21-7-22-17(15)25/h7-8,12-14H,6,9-11H2,1-5H3,(H,21,22,24)/t14-/m1/s1. The minimum absolute atomic E-state index is 0.294. The second-order valence-electron chi connectivity index (χ2n) is 7.72. The third-order valence-corrected chi connectivity index (χ3v) is 5.95. The number of hydrogen-bond acceptors (Lipinski definition) is 14. The maximum absolute atomic E-state index is 13.1. The van der Waals surface area contributed by atoms with Crippen LogP contribution in [-0.4, -0.2) is 70.1 Å². The summed E-state index contributed by atoms with van der Waals surface area (Å²) in [5, 5.41) is 0. The maximum Gasteiger partial charge on any atom is 0.510 e. The summed E-state index contributed by atoms with van der Waals surface area (Å²) in [5.41, 5.74) is 1.15. The molecule has 0 aromatic carbocycles. The van der Waals surface area contributed by atoms with Crippen LogP contribution in [0.15, 0.2) is 12.7 Å². The lowest BCUT2D eigenvalue weighted by Crippen LogP contribution is -2.20. The highest BCUT2D eigenvalue weighted by atomic mass is 127. The second-order valence-corrected chi connectivity index (χ2v) is 10.3. The quantitative estimate of drug-likeness (QED) is 0.102. The van der Waals surface area contributed by atoms with E-state index < -0.39 is 58.2 Å². The molecule has 202 valence electrons. The summed E-state index contributed by atoms with van der Waals surface area (Å²) in [6, 6.07) is 0. The molecule has 2 rings (SSSR count). The zero-order valence-corrected chi connectivity index (χ0v) is 23.5. The molecular formula is C19H29IN5O10P. The zero-order chi connectivity index (χ0) is 26.7. The SMILES string of the molecule is CC(C)OC(=O)OCOP(=O)(CO[C@H](C)Cn1cnc2c(NI)ncnc21)OCOC(=O)OC(C)C. The van der Waals surface area contributed by atoms with Crippen molar-refractivity contribution in [3.63, 3.8) is 0 Å². The summed E-state index contributed by atoms with van der Waals surface area (Å²) in [5.74, 6) is 0.561. The molecular weight excluding hydrogens is 616 g/mol. The molecule has 0 fully saturated rings. The van der Waals surface area contributed by atoms with E-state index in [1.807, 2.05) is 22.9 Å². The summed E-state index contributed by atoms with van der Waals surface area (Å²) < 4.78 is 52.8. The van der Waals surface area contributed by atoms with Crippen LogP contribution >= 0.6 is 30.5 Å². The fraction of sp³-hybridized carbons (Fsp3) is 0.632. The molecule has 0 saturated heterocycles. The van der Waals surface area contributed by atoms with Crippen LogP contribution in [0.4, 0.5) is 15.4 Å². The Balaban J connectivity index is 1.97. The average Bonchev–Trinajstić information content (AvgIpc) is 3.19. The van der Waals surface area contributed by atoms with Gasteiger partial charge in [0, 0.05) is 0 Å². The van der Waals surface area contributed by atoms with Crippen LogP contribution in [0.25, 0.3) is 11.2 Å². The van der Waals surface area contributed by atoms with Gasteiger partial charge in [-0.05, 0) is 34.6 Å². The van der Waals surface area contributed by atoms with Gasteiger partial charge in [-0.1, -0.05) is 0 Å². The molecule has 15 nitrogen and oxygen atoms in total. The Morgan fingerprint density at radius 1 is 1.00 bits per heavy atom. The third kappa shape index (κ3) is 10.0. The first kappa shape index (κ1) is 30.0. The Hall–Kier alpha value is -2.27. The predicted molar refractivity (Wildman–Crippen MR) is 133 cm³/mol. The van der Waals surface area contributed by atoms with Gasteiger partial charge in [-0.3, -0.25) is 13.6 Å². The van der Waals surface area contributed by atoms with Crippen LogP contribution in [0.2, 0.25) is 0 Å². The van der Waals surface area contributed by atoms with Gasteiger partial charge < -0.3 is 31.8 Å². The molecule has 2 aromatic heterocycles. The topological polar surface area (TPSA) is 171 Å². The number of imidazole rings is 1. The number of carbonyl (C=O) groups excluding carboxylic acids is 2. The van der Waals surface area contributed by atoms with Crippen molar-refractivity contribution in [1.29, 1.82) is 0 Å². The Kier molecular flexibility index (Phi) is 12.0. The molecule has 0 radical (unpaired) electrons. The molecule has 0 saturated carbocycles. The van der Waals surface area contributed by atoms with Gasteiger partial charge in [0.25, 0.3) is 0 Å². The second kappa shape index (κ2) is 14.5. The molecule has 36 heavy (non-hydrogen) atoms. The Morgan fingerprint density at radius 3 is 2.11 bits per heavy atom. The minimum Gasteiger partial charge on any atom is -0.432 e. The molecule has 1 atom stereocenters. The van der Waals surface area contributed by atoms with Crippen LogP contribution < -0.4 is 3.53 Å². The first-order chi connectivity index (χ1) is 17.0. The number of nitrogens with zero attached hydrogens (tertiary/aromatic N) is 4. The van der Waals surface area contributed by atoms with Crippen molar-refractivity contribution in [3.05, 3.63) is 12.7 Å². The first-order valence-corrected chi connectivity index (χ1v) is 13.5. The van der Waals surface area contributed by atoms with Crippen molar-refractivity contribution in [2.24, 2.45) is 0 Å². The van der Waals surface area contributed by atoms with E-state index in [0.717, 1.165) is 0 Å². The lowest BCUT2D eigenvalue weighted by Gasteiger charge is -2.21. The summed E-state index contributed by atoms with van der Waals surface area (Å²) >= 11 is 1.95. The number of aromatic nitrogens is 4. The molecule has 0 bridgehead atoms. The average molecular weight is 645 g/mol. The maximum atomic E-state index is 13.1. The van der Waals surface area contributed by atoms with Crippen molar-refractivity contribution in [2.75, 3.05) is 23.5 Å². The fourth-order valence-electron chi connectivity index (χ4n) is 2.51. The van der Waals surface area contributed by atoms with Gasteiger partial charge >= 0.3 is 19.9 Å². The zero-order valence-electron chi connectivity index (χ0n) is 20.4. The lowest BCUT2D eigenvalue weighted by molar-refractivity contribution is -0.0369. The van der Waals surface area contributed by atoms with E-state index in [1.165, 1.54) is 6.33 Å². The van der Waals surface area contributed by atoms with Gasteiger partial charge in [0.2, 0.25) is 13.6 Å². The molecule has 0 aliphatic rings. The number of ether oxygens (including phenoxy) is 5. The summed E-state index contributed by atoms with van der Waals surface area (Å²) in [4.78, 5) is 35.7. The number of anilines is 1. The third-order valence-electron chi connectivity index (χ3n) is 3.98. The number of hydrogen-bond donors (Lipinski definition) is 1. The van der Waals surface area contributed by atoms with Crippen LogP contribution in [0, 0.1) is 0 Å². The Bertz CT molecular complexity index is 1020. The van der Waals surface area contributed by atoms with Crippen molar-refractivity contribution in [2.45, 2.75) is 59.5 Å². The van der Waals surface area contributed by atoms with Crippen molar-refractivity contribution in [1.82, 2.24) is 19.5 Å². The molecule has 0 unspecified atom stereocenters. The van der Waals surface area contributed by atoms with Gasteiger partial charge in [0.1, 0.15) is 12.7 Å². The van der Waals surface area contributed by atoms with Crippen LogP contribution in [0.3, 0.4) is 0 Å². The summed E-state index contributed by atoms with van der Waals surface area (Å²) in [7, 11) is -4.05. The minimum atomic E-state index is -4.05. The van der Waals surface area contributed by atoms with E-state index in [4.69, 9.17) is 32.7 Å². The highest BCUT2D eigenvalue weighted by Gasteiger charge is 2.29. The van der Waals surface area contributed by atoms with Crippen LogP contribution in [0.1, 0.15) is 34.6 Å². The van der Waals surface area contributed by atoms with Crippen molar-refractivity contribution in [3.8, 4) is 0 Å². The molecule has 2 heterocycles. The van der Waals surface area contributed by atoms with Gasteiger partial charge in [-0.15, -0.1) is 0 Å². The van der Waals surface area contributed by atoms with Gasteiger partial charge in [-0.25, -0.2) is 24.5 Å². The first-order valence-electron chi connectivity index (χ1n) is 10.7. The number of halogens is 1. The van der Waals surface area contributed by atoms with E-state index in [2.05, 4.69) is 18.5 Å². The molecule has 2 aromatic rings. The Labute approximate surface area is 221 Å². The van der Waals surface area contributed by atoms with E-state index in [9.17, 15) is 14.2 Å². The molecule has 0 spiro atoms. The largest absolute Gasteiger partial charge is 0.510 e. The van der Waals surface area contributed by atoms with E-state index in [0.29, 0.717) is 23.5 Å². The van der Waals surface area contributed by atoms with Crippen LogP contribution in [-0.2, 0) is 43.8 Å². The number of carbonyl (C=O) groups is 2. The number of rotatable bonds is 14. The van der Waals surface area contributed by atoms with Gasteiger partial charge in [0.05, 0.1) is 54.0 Å². The van der Waals surface area contributed by atoms with Gasteiger partial charge in [0.15, 0.2) is 17.0 Å². The molecule has 0 amide bonds. The Morgan fingerprint density at radius 2 is 1.58 bits per heavy atom. The highest BCUT2D eigenvalue weighted by molar-refractivity contribution is 14.1. The normalized spacial score (nSPS) is 12.6. The molecule has 1 N–H and O–H groups in total. The lowest BCUT2D eigenvalue weighted by atomic mass is 10.4.